The molecule has 0 radical (unpaired) electrons. The Morgan fingerprint density at radius 1 is 0.895 bits per heavy atom. The van der Waals surface area contributed by atoms with Gasteiger partial charge in [-0.3, -0.25) is 9.36 Å². The average molecular weight is 540 g/mol. The predicted octanol–water partition coefficient (Wildman–Crippen LogP) is 6.52. The zero-order valence-corrected chi connectivity index (χ0v) is 23.1. The van der Waals surface area contributed by atoms with Crippen LogP contribution < -0.4 is 0 Å². The fourth-order valence-corrected chi connectivity index (χ4v) is 6.03. The second kappa shape index (κ2) is 12.2. The maximum Gasteiger partial charge on any atom is 0.273 e. The zero-order valence-electron chi connectivity index (χ0n) is 21.4. The van der Waals surface area contributed by atoms with Gasteiger partial charge in [0.25, 0.3) is 5.91 Å². The van der Waals surface area contributed by atoms with Gasteiger partial charge in [-0.2, -0.15) is 0 Å². The van der Waals surface area contributed by atoms with E-state index < -0.39 is 0 Å². The Bertz CT molecular complexity index is 1500. The SMILES string of the molecule is Cc1ccccc1-n1c(C)nnc1SCc1nc(C(=O)N(CCc2ccccc2)Cc2ccccc2)cs1. The number of para-hydroxylation sites is 1. The third-order valence-corrected chi connectivity index (χ3v) is 8.24. The van der Waals surface area contributed by atoms with Gasteiger partial charge in [-0.1, -0.05) is 90.6 Å². The van der Waals surface area contributed by atoms with E-state index in [4.69, 9.17) is 4.98 Å². The Labute approximate surface area is 231 Å². The van der Waals surface area contributed by atoms with Gasteiger partial charge in [-0.05, 0) is 43.0 Å². The van der Waals surface area contributed by atoms with Crippen LogP contribution >= 0.6 is 23.1 Å². The topological polar surface area (TPSA) is 63.9 Å². The highest BCUT2D eigenvalue weighted by atomic mass is 32.2. The normalized spacial score (nSPS) is 11.0. The van der Waals surface area contributed by atoms with Crippen LogP contribution in [0.3, 0.4) is 0 Å². The number of benzene rings is 3. The van der Waals surface area contributed by atoms with Crippen molar-refractivity contribution in [1.82, 2.24) is 24.6 Å². The van der Waals surface area contributed by atoms with Crippen molar-refractivity contribution < 1.29 is 4.79 Å². The van der Waals surface area contributed by atoms with Gasteiger partial charge in [0.15, 0.2) is 5.16 Å². The molecule has 6 nitrogen and oxygen atoms in total. The van der Waals surface area contributed by atoms with Crippen molar-refractivity contribution in [2.24, 2.45) is 0 Å². The maximum absolute atomic E-state index is 13.6. The molecule has 1 amide bonds. The zero-order chi connectivity index (χ0) is 26.3. The molecule has 0 fully saturated rings. The summed E-state index contributed by atoms with van der Waals surface area (Å²) in [5.41, 5.74) is 5.04. The molecule has 3 aromatic carbocycles. The van der Waals surface area contributed by atoms with E-state index in [0.29, 0.717) is 24.5 Å². The summed E-state index contributed by atoms with van der Waals surface area (Å²) in [4.78, 5) is 20.2. The first-order valence-electron chi connectivity index (χ1n) is 12.5. The molecule has 0 aliphatic carbocycles. The van der Waals surface area contributed by atoms with E-state index in [2.05, 4.69) is 58.1 Å². The second-order valence-corrected chi connectivity index (χ2v) is 10.9. The number of nitrogens with zero attached hydrogens (tertiary/aromatic N) is 5. The largest absolute Gasteiger partial charge is 0.333 e. The number of carbonyl (C=O) groups is 1. The third-order valence-electron chi connectivity index (χ3n) is 6.26. The lowest BCUT2D eigenvalue weighted by Gasteiger charge is -2.22. The molecule has 8 heteroatoms. The number of hydrogen-bond acceptors (Lipinski definition) is 6. The van der Waals surface area contributed by atoms with Crippen molar-refractivity contribution in [2.45, 2.75) is 37.7 Å². The van der Waals surface area contributed by atoms with Crippen molar-refractivity contribution in [3.8, 4) is 5.69 Å². The number of amides is 1. The standard InChI is InChI=1S/C30H29N5OS2/c1-22-11-9-10-16-27(22)35-23(2)32-33-30(35)38-21-28-31-26(20-37-28)29(36)34(19-25-14-7-4-8-15-25)18-17-24-12-5-3-6-13-24/h3-16,20H,17-19,21H2,1-2H3. The molecule has 0 atom stereocenters. The number of aromatic nitrogens is 4. The predicted molar refractivity (Wildman–Crippen MR) is 154 cm³/mol. The number of thioether (sulfide) groups is 1. The monoisotopic (exact) mass is 539 g/mol. The fraction of sp³-hybridized carbons (Fsp3) is 0.200. The molecule has 5 aromatic rings. The Hall–Kier alpha value is -3.75. The molecule has 0 aliphatic heterocycles. The molecule has 192 valence electrons. The molecule has 0 spiro atoms. The van der Waals surface area contributed by atoms with Crippen molar-refractivity contribution >= 4 is 29.0 Å². The van der Waals surface area contributed by atoms with Crippen LogP contribution in [0.5, 0.6) is 0 Å². The summed E-state index contributed by atoms with van der Waals surface area (Å²) in [6.45, 7) is 5.21. The first-order chi connectivity index (χ1) is 18.6. The molecular weight excluding hydrogens is 510 g/mol. The molecule has 0 saturated heterocycles. The third kappa shape index (κ3) is 6.20. The Kier molecular flexibility index (Phi) is 8.31. The summed E-state index contributed by atoms with van der Waals surface area (Å²) >= 11 is 3.09. The summed E-state index contributed by atoms with van der Waals surface area (Å²) in [6, 6.07) is 28.6. The summed E-state index contributed by atoms with van der Waals surface area (Å²) in [5, 5.41) is 12.3. The van der Waals surface area contributed by atoms with Crippen molar-refractivity contribution in [3.05, 3.63) is 124 Å². The van der Waals surface area contributed by atoms with E-state index in [0.717, 1.165) is 39.2 Å². The highest BCUT2D eigenvalue weighted by Gasteiger charge is 2.20. The lowest BCUT2D eigenvalue weighted by Crippen LogP contribution is -2.32. The van der Waals surface area contributed by atoms with Crippen LogP contribution in [0.15, 0.2) is 95.5 Å². The Balaban J connectivity index is 1.29. The van der Waals surface area contributed by atoms with Gasteiger partial charge in [0.2, 0.25) is 0 Å². The number of aryl methyl sites for hydroxylation is 2. The first-order valence-corrected chi connectivity index (χ1v) is 14.4. The van der Waals surface area contributed by atoms with Crippen LogP contribution in [0.2, 0.25) is 0 Å². The van der Waals surface area contributed by atoms with Crippen LogP contribution in [0, 0.1) is 13.8 Å². The summed E-state index contributed by atoms with van der Waals surface area (Å²) < 4.78 is 2.07. The number of hydrogen-bond donors (Lipinski definition) is 0. The van der Waals surface area contributed by atoms with Gasteiger partial charge in [0, 0.05) is 18.5 Å². The molecule has 2 heterocycles. The summed E-state index contributed by atoms with van der Waals surface area (Å²) in [6.07, 6.45) is 0.792. The maximum atomic E-state index is 13.6. The van der Waals surface area contributed by atoms with Crippen LogP contribution in [0.25, 0.3) is 5.69 Å². The van der Waals surface area contributed by atoms with Gasteiger partial charge in [-0.25, -0.2) is 4.98 Å². The van der Waals surface area contributed by atoms with Crippen LogP contribution in [0.1, 0.15) is 38.0 Å². The summed E-state index contributed by atoms with van der Waals surface area (Å²) in [7, 11) is 0. The van der Waals surface area contributed by atoms with Gasteiger partial charge in [-0.15, -0.1) is 21.5 Å². The van der Waals surface area contributed by atoms with E-state index in [1.807, 2.05) is 65.7 Å². The molecule has 0 aliphatic rings. The van der Waals surface area contributed by atoms with Gasteiger partial charge >= 0.3 is 0 Å². The van der Waals surface area contributed by atoms with E-state index in [9.17, 15) is 4.79 Å². The average Bonchev–Trinajstić information content (AvgIpc) is 3.57. The minimum Gasteiger partial charge on any atom is -0.333 e. The van der Waals surface area contributed by atoms with Crippen molar-refractivity contribution in [2.75, 3.05) is 6.54 Å². The number of rotatable bonds is 10. The number of thiazole rings is 1. The highest BCUT2D eigenvalue weighted by molar-refractivity contribution is 7.98. The van der Waals surface area contributed by atoms with Crippen molar-refractivity contribution in [3.63, 3.8) is 0 Å². The van der Waals surface area contributed by atoms with Gasteiger partial charge in [0.05, 0.1) is 11.4 Å². The quantitative estimate of drug-likeness (QED) is 0.189. The molecule has 0 N–H and O–H groups in total. The second-order valence-electron chi connectivity index (χ2n) is 9.01. The minimum absolute atomic E-state index is 0.0452. The molecular formula is C30H29N5OS2. The fourth-order valence-electron chi connectivity index (χ4n) is 4.26. The molecule has 0 bridgehead atoms. The van der Waals surface area contributed by atoms with Gasteiger partial charge < -0.3 is 4.90 Å². The summed E-state index contributed by atoms with van der Waals surface area (Å²) in [5.74, 6) is 1.41. The van der Waals surface area contributed by atoms with Crippen LogP contribution in [-0.2, 0) is 18.7 Å². The lowest BCUT2D eigenvalue weighted by atomic mass is 10.1. The van der Waals surface area contributed by atoms with Gasteiger partial charge in [0.1, 0.15) is 16.5 Å². The molecule has 5 rings (SSSR count). The molecule has 38 heavy (non-hydrogen) atoms. The van der Waals surface area contributed by atoms with Crippen LogP contribution in [0.4, 0.5) is 0 Å². The lowest BCUT2D eigenvalue weighted by molar-refractivity contribution is 0.0740. The van der Waals surface area contributed by atoms with E-state index in [1.165, 1.54) is 16.9 Å². The Morgan fingerprint density at radius 3 is 2.32 bits per heavy atom. The highest BCUT2D eigenvalue weighted by Crippen LogP contribution is 2.28. The number of carbonyl (C=O) groups excluding carboxylic acids is 1. The van der Waals surface area contributed by atoms with E-state index >= 15 is 0 Å². The smallest absolute Gasteiger partial charge is 0.273 e. The van der Waals surface area contributed by atoms with Crippen molar-refractivity contribution in [1.29, 1.82) is 0 Å². The van der Waals surface area contributed by atoms with E-state index in [1.54, 1.807) is 11.8 Å². The molecule has 2 aromatic heterocycles. The first kappa shape index (κ1) is 25.9. The van der Waals surface area contributed by atoms with Crippen LogP contribution in [-0.4, -0.2) is 37.1 Å². The molecule has 0 unspecified atom stereocenters. The molecule has 0 saturated carbocycles. The van der Waals surface area contributed by atoms with E-state index in [-0.39, 0.29) is 5.91 Å². The minimum atomic E-state index is -0.0452. The Morgan fingerprint density at radius 2 is 1.58 bits per heavy atom.